The largest absolute Gasteiger partial charge is 0.369 e. The van der Waals surface area contributed by atoms with Gasteiger partial charge in [0.2, 0.25) is 0 Å². The van der Waals surface area contributed by atoms with E-state index < -0.39 is 0 Å². The maximum Gasteiger partial charge on any atom is 0.102 e. The van der Waals surface area contributed by atoms with Crippen LogP contribution in [0.2, 0.25) is 0 Å². The van der Waals surface area contributed by atoms with E-state index in [1.807, 2.05) is 6.20 Å². The highest BCUT2D eigenvalue weighted by molar-refractivity contribution is 5.54. The lowest BCUT2D eigenvalue weighted by atomic mass is 9.73. The third kappa shape index (κ3) is 10.6. The molecule has 1 heterocycles. The minimum absolute atomic E-state index is 0.109. The lowest BCUT2D eigenvalue weighted by Crippen LogP contribution is -2.46. The molecule has 2 aliphatic carbocycles. The Morgan fingerprint density at radius 1 is 1.14 bits per heavy atom. The second-order valence-corrected chi connectivity index (χ2v) is 11.5. The molecule has 2 fully saturated rings. The van der Waals surface area contributed by atoms with Gasteiger partial charge in [0.05, 0.1) is 6.17 Å². The van der Waals surface area contributed by atoms with Crippen LogP contribution >= 0.6 is 0 Å². The van der Waals surface area contributed by atoms with Crippen molar-refractivity contribution >= 4 is 6.34 Å². The zero-order valence-corrected chi connectivity index (χ0v) is 24.2. The van der Waals surface area contributed by atoms with E-state index in [1.165, 1.54) is 76.6 Å². The van der Waals surface area contributed by atoms with Crippen molar-refractivity contribution in [1.29, 1.82) is 0 Å². The molecule has 210 valence electrons. The maximum atomic E-state index is 4.40. The Morgan fingerprint density at radius 2 is 1.97 bits per heavy atom. The summed E-state index contributed by atoms with van der Waals surface area (Å²) in [6.45, 7) is 13.5. The summed E-state index contributed by atoms with van der Waals surface area (Å²) in [5, 5.41) is 7.23. The van der Waals surface area contributed by atoms with Gasteiger partial charge >= 0.3 is 0 Å². The van der Waals surface area contributed by atoms with Crippen LogP contribution in [0.3, 0.4) is 0 Å². The molecule has 0 radical (unpaired) electrons. The first kappa shape index (κ1) is 29.9. The predicted octanol–water partition coefficient (Wildman–Crippen LogP) is 5.72. The van der Waals surface area contributed by atoms with Gasteiger partial charge in [-0.2, -0.15) is 0 Å². The lowest BCUT2D eigenvalue weighted by molar-refractivity contribution is 0.220. The van der Waals surface area contributed by atoms with E-state index in [2.05, 4.69) is 83.4 Å². The van der Waals surface area contributed by atoms with Crippen LogP contribution in [-0.2, 0) is 0 Å². The van der Waals surface area contributed by atoms with Gasteiger partial charge in [-0.15, -0.1) is 0 Å². The zero-order valence-electron chi connectivity index (χ0n) is 24.2. The van der Waals surface area contributed by atoms with Crippen molar-refractivity contribution < 1.29 is 0 Å². The first-order valence-electron chi connectivity index (χ1n) is 15.4. The van der Waals surface area contributed by atoms with Crippen LogP contribution < -0.4 is 21.5 Å². The molecule has 1 aliphatic heterocycles. The van der Waals surface area contributed by atoms with E-state index in [4.69, 9.17) is 0 Å². The first-order valence-corrected chi connectivity index (χ1v) is 15.4. The molecule has 4 unspecified atom stereocenters. The Kier molecular flexibility index (Phi) is 13.8. The first-order chi connectivity index (χ1) is 18.1. The molecule has 6 nitrogen and oxygen atoms in total. The summed E-state index contributed by atoms with van der Waals surface area (Å²) in [5.74, 6) is 3.11. The molecule has 0 spiro atoms. The van der Waals surface area contributed by atoms with Crippen LogP contribution in [0.4, 0.5) is 0 Å². The number of hydrogen-bond acceptors (Lipinski definition) is 5. The zero-order chi connectivity index (χ0) is 26.3. The molecular formula is C31H56N6. The molecule has 4 N–H and O–H groups in total. The standard InChI is InChI=1S/C31H56N6/c1-5-9-27-11-13-28(14-12-27)29-15-17-30(18-16-29)35-25(4)36-34-24-32-20-19-26(6-2)22-33-23-31-10-8-21-37(31)7-3/h15,17-20,24-29,31,33,35-36H,5-14,16,21-23H2,1-4H3,(H,32,34). The normalized spacial score (nSPS) is 28.6. The van der Waals surface area contributed by atoms with Crippen LogP contribution in [0.15, 0.2) is 41.2 Å². The van der Waals surface area contributed by atoms with Gasteiger partial charge in [-0.3, -0.25) is 4.90 Å². The van der Waals surface area contributed by atoms with Crippen molar-refractivity contribution in [2.45, 2.75) is 104 Å². The third-order valence-corrected chi connectivity index (χ3v) is 8.81. The topological polar surface area (TPSA) is 63.7 Å². The summed E-state index contributed by atoms with van der Waals surface area (Å²) < 4.78 is 0. The fourth-order valence-corrected chi connectivity index (χ4v) is 6.43. The number of hydrogen-bond donors (Lipinski definition) is 4. The Bertz CT molecular complexity index is 736. The molecule has 0 aromatic heterocycles. The number of nitrogens with zero attached hydrogens (tertiary/aromatic N) is 2. The highest BCUT2D eigenvalue weighted by Crippen LogP contribution is 2.38. The van der Waals surface area contributed by atoms with E-state index in [0.29, 0.717) is 12.0 Å². The predicted molar refractivity (Wildman–Crippen MR) is 159 cm³/mol. The van der Waals surface area contributed by atoms with Crippen molar-refractivity contribution in [2.24, 2.45) is 28.7 Å². The Morgan fingerprint density at radius 3 is 2.68 bits per heavy atom. The second kappa shape index (κ2) is 17.1. The summed E-state index contributed by atoms with van der Waals surface area (Å²) in [6, 6.07) is 0.715. The molecule has 4 atom stereocenters. The number of likely N-dealkylation sites (N-methyl/N-ethyl adjacent to an activating group) is 1. The average molecular weight is 513 g/mol. The van der Waals surface area contributed by atoms with Gasteiger partial charge in [-0.1, -0.05) is 64.7 Å². The molecule has 0 aromatic carbocycles. The number of hydrazine groups is 1. The van der Waals surface area contributed by atoms with Crippen molar-refractivity contribution in [1.82, 2.24) is 26.4 Å². The molecule has 0 aromatic rings. The molecule has 0 amide bonds. The SMILES string of the molecule is CCCC1CCC(C2C=CC(NC(C)NNC=NC=CC(CC)CNCC3CCCN3CC)=CC2)CC1. The fourth-order valence-electron chi connectivity index (χ4n) is 6.43. The number of rotatable bonds is 16. The second-order valence-electron chi connectivity index (χ2n) is 11.5. The molecule has 0 bridgehead atoms. The monoisotopic (exact) mass is 512 g/mol. The highest BCUT2D eigenvalue weighted by atomic mass is 15.4. The van der Waals surface area contributed by atoms with Gasteiger partial charge in [-0.25, -0.2) is 10.4 Å². The molecular weight excluding hydrogens is 456 g/mol. The van der Waals surface area contributed by atoms with E-state index >= 15 is 0 Å². The van der Waals surface area contributed by atoms with Gasteiger partial charge in [-0.05, 0) is 88.3 Å². The van der Waals surface area contributed by atoms with Crippen LogP contribution in [-0.4, -0.2) is 49.6 Å². The van der Waals surface area contributed by atoms with Crippen molar-refractivity contribution in [2.75, 3.05) is 26.2 Å². The molecule has 3 aliphatic rings. The van der Waals surface area contributed by atoms with E-state index in [1.54, 1.807) is 6.34 Å². The molecule has 1 saturated heterocycles. The van der Waals surface area contributed by atoms with Gasteiger partial charge in [0.25, 0.3) is 0 Å². The summed E-state index contributed by atoms with van der Waals surface area (Å²) in [4.78, 5) is 6.99. The third-order valence-electron chi connectivity index (χ3n) is 8.81. The van der Waals surface area contributed by atoms with E-state index in [9.17, 15) is 0 Å². The fraction of sp³-hybridized carbons (Fsp3) is 0.774. The Hall–Kier alpha value is -1.63. The molecule has 3 rings (SSSR count). The number of aliphatic imine (C=N–C) groups is 1. The van der Waals surface area contributed by atoms with Gasteiger partial charge in [0.1, 0.15) is 6.34 Å². The number of nitrogens with one attached hydrogen (secondary N) is 4. The van der Waals surface area contributed by atoms with Gasteiger partial charge in [0, 0.05) is 31.0 Å². The summed E-state index contributed by atoms with van der Waals surface area (Å²) in [7, 11) is 0. The van der Waals surface area contributed by atoms with Crippen molar-refractivity contribution in [3.8, 4) is 0 Å². The summed E-state index contributed by atoms with van der Waals surface area (Å²) in [6.07, 6.45) is 26.5. The van der Waals surface area contributed by atoms with E-state index in [-0.39, 0.29) is 6.17 Å². The summed E-state index contributed by atoms with van der Waals surface area (Å²) in [5.41, 5.74) is 7.58. The Balaban J connectivity index is 1.26. The summed E-state index contributed by atoms with van der Waals surface area (Å²) >= 11 is 0. The van der Waals surface area contributed by atoms with Crippen molar-refractivity contribution in [3.63, 3.8) is 0 Å². The van der Waals surface area contributed by atoms with E-state index in [0.717, 1.165) is 37.3 Å². The number of allylic oxidation sites excluding steroid dienone is 3. The van der Waals surface area contributed by atoms with Crippen LogP contribution in [0, 0.1) is 23.7 Å². The molecule has 6 heteroatoms. The molecule has 37 heavy (non-hydrogen) atoms. The smallest absolute Gasteiger partial charge is 0.102 e. The van der Waals surface area contributed by atoms with Crippen LogP contribution in [0.1, 0.15) is 91.9 Å². The Labute approximate surface area is 227 Å². The highest BCUT2D eigenvalue weighted by Gasteiger charge is 2.26. The molecule has 1 saturated carbocycles. The minimum Gasteiger partial charge on any atom is -0.369 e. The van der Waals surface area contributed by atoms with Gasteiger partial charge < -0.3 is 16.1 Å². The lowest BCUT2D eigenvalue weighted by Gasteiger charge is -2.33. The quantitative estimate of drug-likeness (QED) is 0.0921. The number of likely N-dealkylation sites (tertiary alicyclic amines) is 1. The van der Waals surface area contributed by atoms with Crippen LogP contribution in [0.5, 0.6) is 0 Å². The van der Waals surface area contributed by atoms with Crippen LogP contribution in [0.25, 0.3) is 0 Å². The van der Waals surface area contributed by atoms with Gasteiger partial charge in [0.15, 0.2) is 0 Å². The minimum atomic E-state index is 0.109. The maximum absolute atomic E-state index is 4.40. The van der Waals surface area contributed by atoms with Crippen molar-refractivity contribution in [3.05, 3.63) is 36.2 Å². The average Bonchev–Trinajstić information content (AvgIpc) is 3.38.